The van der Waals surface area contributed by atoms with Gasteiger partial charge in [0.05, 0.1) is 0 Å². The molecule has 0 saturated heterocycles. The molecule has 0 fully saturated rings. The minimum atomic E-state index is -0.290. The number of nitrogens with zero attached hydrogens (tertiary/aromatic N) is 1. The van der Waals surface area contributed by atoms with Gasteiger partial charge in [-0.25, -0.2) is 5.84 Å². The van der Waals surface area contributed by atoms with Crippen LogP contribution in [-0.2, 0) is 6.54 Å². The maximum absolute atomic E-state index is 11.4. The Hall–Kier alpha value is -2.59. The summed E-state index contributed by atoms with van der Waals surface area (Å²) < 4.78 is 0. The van der Waals surface area contributed by atoms with Crippen LogP contribution in [0.25, 0.3) is 0 Å². The van der Waals surface area contributed by atoms with E-state index in [0.29, 0.717) is 12.1 Å². The summed E-state index contributed by atoms with van der Waals surface area (Å²) in [5.41, 5.74) is 5.81. The Morgan fingerprint density at radius 1 is 1.09 bits per heavy atom. The van der Waals surface area contributed by atoms with Gasteiger partial charge in [0.1, 0.15) is 0 Å². The molecule has 0 saturated carbocycles. The Kier molecular flexibility index (Phi) is 7.57. The lowest BCUT2D eigenvalue weighted by Gasteiger charge is -2.25. The van der Waals surface area contributed by atoms with Crippen molar-refractivity contribution in [2.75, 3.05) is 4.90 Å². The van der Waals surface area contributed by atoms with Crippen LogP contribution in [-0.4, -0.2) is 5.91 Å². The number of nitrogens with one attached hydrogen (secondary N) is 1. The maximum Gasteiger partial charge on any atom is 0.265 e. The van der Waals surface area contributed by atoms with Gasteiger partial charge in [-0.15, -0.1) is 0 Å². The van der Waals surface area contributed by atoms with E-state index < -0.39 is 0 Å². The number of amides is 1. The van der Waals surface area contributed by atoms with Crippen LogP contribution in [0.4, 0.5) is 5.69 Å². The summed E-state index contributed by atoms with van der Waals surface area (Å²) in [6.07, 6.45) is 0. The Bertz CT molecular complexity index is 621. The predicted octanol–water partition coefficient (Wildman–Crippen LogP) is 3.86. The van der Waals surface area contributed by atoms with Crippen molar-refractivity contribution in [2.24, 2.45) is 5.84 Å². The molecule has 0 spiro atoms. The number of para-hydroxylation sites is 1. The largest absolute Gasteiger partial charge is 0.342 e. The van der Waals surface area contributed by atoms with Gasteiger partial charge in [0.25, 0.3) is 5.91 Å². The second-order valence-corrected chi connectivity index (χ2v) is 4.83. The number of hydrogen-bond acceptors (Lipinski definition) is 3. The zero-order valence-corrected chi connectivity index (χ0v) is 14.0. The molecule has 4 nitrogen and oxygen atoms in total. The lowest BCUT2D eigenvalue weighted by Crippen LogP contribution is -2.29. The topological polar surface area (TPSA) is 58.4 Å². The number of rotatable bonds is 5. The third kappa shape index (κ3) is 5.27. The number of carbonyl (C=O) groups is 1. The van der Waals surface area contributed by atoms with Gasteiger partial charge in [0.2, 0.25) is 0 Å². The molecule has 2 rings (SSSR count). The summed E-state index contributed by atoms with van der Waals surface area (Å²) >= 11 is 0. The van der Waals surface area contributed by atoms with Crippen molar-refractivity contribution in [2.45, 2.75) is 27.3 Å². The average Bonchev–Trinajstić information content (AvgIpc) is 2.61. The molecular weight excluding hydrogens is 286 g/mol. The van der Waals surface area contributed by atoms with Crippen LogP contribution >= 0.6 is 0 Å². The van der Waals surface area contributed by atoms with E-state index in [2.05, 4.69) is 16.9 Å². The summed E-state index contributed by atoms with van der Waals surface area (Å²) in [7, 11) is 0. The summed E-state index contributed by atoms with van der Waals surface area (Å²) in [5, 5.41) is 0. The van der Waals surface area contributed by atoms with Crippen LogP contribution in [0.2, 0.25) is 0 Å². The standard InChI is InChI=1S/C17H19N3O.C2H6/c1-13(2)20(16-6-4-3-5-7-16)12-14-8-10-15(11-9-14)17(21)19-18;1-2/h3-11H,1,12,18H2,2H3,(H,19,21);1-2H3. The smallest absolute Gasteiger partial charge is 0.265 e. The highest BCUT2D eigenvalue weighted by Gasteiger charge is 2.09. The highest BCUT2D eigenvalue weighted by molar-refractivity contribution is 5.93. The van der Waals surface area contributed by atoms with E-state index in [1.165, 1.54) is 0 Å². The zero-order chi connectivity index (χ0) is 17.2. The Morgan fingerprint density at radius 3 is 2.13 bits per heavy atom. The SMILES string of the molecule is C=C(C)N(Cc1ccc(C(=O)NN)cc1)c1ccccc1.CC. The molecule has 2 aromatic rings. The first-order chi connectivity index (χ1) is 11.1. The van der Waals surface area contributed by atoms with Crippen LogP contribution in [0.1, 0.15) is 36.7 Å². The first-order valence-electron chi connectivity index (χ1n) is 7.70. The lowest BCUT2D eigenvalue weighted by molar-refractivity contribution is 0.0953. The highest BCUT2D eigenvalue weighted by Crippen LogP contribution is 2.20. The quantitative estimate of drug-likeness (QED) is 0.501. The molecule has 3 N–H and O–H groups in total. The van der Waals surface area contributed by atoms with Crippen molar-refractivity contribution < 1.29 is 4.79 Å². The van der Waals surface area contributed by atoms with E-state index >= 15 is 0 Å². The molecular formula is C19H25N3O. The number of benzene rings is 2. The molecule has 1 amide bonds. The molecule has 0 aliphatic rings. The predicted molar refractivity (Wildman–Crippen MR) is 96.9 cm³/mol. The molecule has 0 aliphatic heterocycles. The molecule has 0 atom stereocenters. The summed E-state index contributed by atoms with van der Waals surface area (Å²) in [4.78, 5) is 13.5. The number of hydrazine groups is 1. The van der Waals surface area contributed by atoms with E-state index in [9.17, 15) is 4.79 Å². The zero-order valence-electron chi connectivity index (χ0n) is 14.0. The van der Waals surface area contributed by atoms with Gasteiger partial charge >= 0.3 is 0 Å². The average molecular weight is 311 g/mol. The Balaban J connectivity index is 0.00000127. The minimum absolute atomic E-state index is 0.290. The van der Waals surface area contributed by atoms with Gasteiger partial charge in [-0.1, -0.05) is 50.8 Å². The van der Waals surface area contributed by atoms with E-state index in [1.54, 1.807) is 12.1 Å². The summed E-state index contributed by atoms with van der Waals surface area (Å²) in [6.45, 7) is 10.7. The molecule has 0 unspecified atom stereocenters. The van der Waals surface area contributed by atoms with Crippen LogP contribution in [0.15, 0.2) is 66.9 Å². The molecule has 23 heavy (non-hydrogen) atoms. The molecule has 4 heteroatoms. The van der Waals surface area contributed by atoms with Crippen LogP contribution in [0.3, 0.4) is 0 Å². The van der Waals surface area contributed by atoms with Crippen molar-refractivity contribution >= 4 is 11.6 Å². The molecule has 2 aromatic carbocycles. The van der Waals surface area contributed by atoms with E-state index in [4.69, 9.17) is 5.84 Å². The van der Waals surface area contributed by atoms with Crippen molar-refractivity contribution in [1.29, 1.82) is 0 Å². The molecule has 122 valence electrons. The molecule has 0 bridgehead atoms. The van der Waals surface area contributed by atoms with Gasteiger partial charge in [0, 0.05) is 23.5 Å². The third-order valence-electron chi connectivity index (χ3n) is 3.22. The monoisotopic (exact) mass is 311 g/mol. The molecule has 0 radical (unpaired) electrons. The maximum atomic E-state index is 11.4. The number of allylic oxidation sites excluding steroid dienone is 1. The number of hydrogen-bond donors (Lipinski definition) is 2. The summed E-state index contributed by atoms with van der Waals surface area (Å²) in [6, 6.07) is 17.4. The van der Waals surface area contributed by atoms with Crippen molar-refractivity contribution in [1.82, 2.24) is 5.43 Å². The van der Waals surface area contributed by atoms with Crippen LogP contribution < -0.4 is 16.2 Å². The molecule has 0 aromatic heterocycles. The minimum Gasteiger partial charge on any atom is -0.342 e. The molecule has 0 aliphatic carbocycles. The second-order valence-electron chi connectivity index (χ2n) is 4.83. The van der Waals surface area contributed by atoms with Crippen molar-refractivity contribution in [3.05, 3.63) is 78.0 Å². The van der Waals surface area contributed by atoms with Gasteiger partial charge in [-0.05, 0) is 36.8 Å². The molecule has 0 heterocycles. The van der Waals surface area contributed by atoms with E-state index in [0.717, 1.165) is 16.9 Å². The Labute approximate surface area is 138 Å². The normalized spacial score (nSPS) is 9.39. The second kappa shape index (κ2) is 9.43. The highest BCUT2D eigenvalue weighted by atomic mass is 16.2. The number of anilines is 1. The van der Waals surface area contributed by atoms with Crippen LogP contribution in [0, 0.1) is 0 Å². The fourth-order valence-electron chi connectivity index (χ4n) is 2.08. The van der Waals surface area contributed by atoms with Gasteiger partial charge in [-0.2, -0.15) is 0 Å². The first-order valence-corrected chi connectivity index (χ1v) is 7.70. The van der Waals surface area contributed by atoms with E-state index in [-0.39, 0.29) is 5.91 Å². The number of carbonyl (C=O) groups excluding carboxylic acids is 1. The van der Waals surface area contributed by atoms with E-state index in [1.807, 2.05) is 63.2 Å². The fourth-order valence-corrected chi connectivity index (χ4v) is 2.08. The summed E-state index contributed by atoms with van der Waals surface area (Å²) in [5.74, 6) is 4.83. The van der Waals surface area contributed by atoms with Crippen molar-refractivity contribution in [3.8, 4) is 0 Å². The van der Waals surface area contributed by atoms with Gasteiger partial charge in [-0.3, -0.25) is 10.2 Å². The van der Waals surface area contributed by atoms with Gasteiger partial charge < -0.3 is 4.90 Å². The van der Waals surface area contributed by atoms with Crippen molar-refractivity contribution in [3.63, 3.8) is 0 Å². The van der Waals surface area contributed by atoms with Gasteiger partial charge in [0.15, 0.2) is 0 Å². The lowest BCUT2D eigenvalue weighted by atomic mass is 10.1. The number of nitrogen functional groups attached to an aromatic ring is 1. The third-order valence-corrected chi connectivity index (χ3v) is 3.22. The fraction of sp³-hybridized carbons (Fsp3) is 0.211. The number of nitrogens with two attached hydrogens (primary N) is 1. The van der Waals surface area contributed by atoms with Crippen LogP contribution in [0.5, 0.6) is 0 Å². The Morgan fingerprint density at radius 2 is 1.65 bits per heavy atom. The first kappa shape index (κ1) is 18.5.